The molecule has 1 saturated heterocycles. The molecule has 10 nitrogen and oxygen atoms in total. The molecule has 0 bridgehead atoms. The summed E-state index contributed by atoms with van der Waals surface area (Å²) in [4.78, 5) is 41.3. The summed E-state index contributed by atoms with van der Waals surface area (Å²) < 4.78 is 33.9. The van der Waals surface area contributed by atoms with Gasteiger partial charge in [0.15, 0.2) is 0 Å². The van der Waals surface area contributed by atoms with Crippen molar-refractivity contribution in [2.75, 3.05) is 6.61 Å². The van der Waals surface area contributed by atoms with Crippen LogP contribution in [0.3, 0.4) is 0 Å². The molecule has 2 heterocycles. The average molecular weight is 326 g/mol. The van der Waals surface area contributed by atoms with Gasteiger partial charge in [0.25, 0.3) is 5.56 Å². The standard InChI is InChI=1S/C9H12FN2O8P/c10-4-2-12(9(15)11-8(4)14)7-1-5(13)6(20-7)3-19-21(16,17)18/h2,5-7,13H,1,3H2,(H,11,14,15)(H2,16,17,18)/t5-,6-,7-/m0/s1. The Kier molecular flexibility index (Phi) is 4.42. The van der Waals surface area contributed by atoms with Crippen LogP contribution in [0.4, 0.5) is 4.39 Å². The van der Waals surface area contributed by atoms with Crippen molar-refractivity contribution in [3.05, 3.63) is 32.9 Å². The molecular weight excluding hydrogens is 314 g/mol. The fourth-order valence-electron chi connectivity index (χ4n) is 1.88. The first-order chi connectivity index (χ1) is 9.67. The topological polar surface area (TPSA) is 151 Å². The average Bonchev–Trinajstić information content (AvgIpc) is 2.72. The Balaban J connectivity index is 2.14. The number of aromatic nitrogens is 2. The van der Waals surface area contributed by atoms with Gasteiger partial charge in [-0.1, -0.05) is 0 Å². The van der Waals surface area contributed by atoms with Crippen molar-refractivity contribution in [3.63, 3.8) is 0 Å². The second-order valence-electron chi connectivity index (χ2n) is 4.36. The molecule has 0 aromatic carbocycles. The van der Waals surface area contributed by atoms with Gasteiger partial charge in [-0.05, 0) is 0 Å². The van der Waals surface area contributed by atoms with Crippen LogP contribution in [0.15, 0.2) is 15.8 Å². The minimum Gasteiger partial charge on any atom is -0.390 e. The van der Waals surface area contributed by atoms with E-state index in [1.807, 2.05) is 0 Å². The van der Waals surface area contributed by atoms with Crippen molar-refractivity contribution in [2.24, 2.45) is 0 Å². The Bertz CT molecular complexity index is 681. The fourth-order valence-corrected chi connectivity index (χ4v) is 2.22. The van der Waals surface area contributed by atoms with E-state index in [9.17, 15) is 23.7 Å². The van der Waals surface area contributed by atoms with E-state index in [4.69, 9.17) is 14.5 Å². The third-order valence-electron chi connectivity index (χ3n) is 2.85. The van der Waals surface area contributed by atoms with Crippen LogP contribution in [0.5, 0.6) is 0 Å². The number of ether oxygens (including phenoxy) is 1. The molecule has 21 heavy (non-hydrogen) atoms. The zero-order valence-electron chi connectivity index (χ0n) is 10.4. The van der Waals surface area contributed by atoms with E-state index in [-0.39, 0.29) is 6.42 Å². The van der Waals surface area contributed by atoms with Crippen LogP contribution in [0.2, 0.25) is 0 Å². The van der Waals surface area contributed by atoms with Crippen molar-refractivity contribution in [3.8, 4) is 0 Å². The minimum atomic E-state index is -4.73. The van der Waals surface area contributed by atoms with Gasteiger partial charge >= 0.3 is 13.5 Å². The van der Waals surface area contributed by atoms with E-state index >= 15 is 0 Å². The molecule has 0 spiro atoms. The Morgan fingerprint density at radius 3 is 2.81 bits per heavy atom. The van der Waals surface area contributed by atoms with Gasteiger partial charge < -0.3 is 19.6 Å². The predicted octanol–water partition coefficient (Wildman–Crippen LogP) is -1.57. The van der Waals surface area contributed by atoms with Crippen molar-refractivity contribution in [2.45, 2.75) is 24.9 Å². The molecular formula is C9H12FN2O8P. The number of nitrogens with one attached hydrogen (secondary N) is 1. The first-order valence-corrected chi connectivity index (χ1v) is 7.25. The quantitative estimate of drug-likeness (QED) is 0.485. The number of aliphatic hydroxyl groups excluding tert-OH is 1. The van der Waals surface area contributed by atoms with Crippen molar-refractivity contribution in [1.29, 1.82) is 0 Å². The molecule has 4 N–H and O–H groups in total. The SMILES string of the molecule is O=c1[nH]c(=O)n([C@@H]2C[C@H](O)[C@H](COP(=O)(O)O)O2)cc1F. The molecule has 1 fully saturated rings. The third kappa shape index (κ3) is 3.84. The molecule has 3 atom stereocenters. The van der Waals surface area contributed by atoms with Crippen LogP contribution in [0, 0.1) is 5.82 Å². The van der Waals surface area contributed by atoms with Crippen LogP contribution in [-0.2, 0) is 13.8 Å². The highest BCUT2D eigenvalue weighted by Crippen LogP contribution is 2.38. The van der Waals surface area contributed by atoms with Crippen LogP contribution in [-0.4, -0.2) is 43.3 Å². The van der Waals surface area contributed by atoms with Gasteiger partial charge in [0.1, 0.15) is 12.3 Å². The largest absolute Gasteiger partial charge is 0.469 e. The van der Waals surface area contributed by atoms with Crippen molar-refractivity contribution < 1.29 is 33.1 Å². The molecule has 1 aliphatic rings. The van der Waals surface area contributed by atoms with Crippen LogP contribution >= 0.6 is 7.82 Å². The maximum Gasteiger partial charge on any atom is 0.469 e. The summed E-state index contributed by atoms with van der Waals surface area (Å²) in [7, 11) is -4.73. The van der Waals surface area contributed by atoms with Crippen LogP contribution in [0.25, 0.3) is 0 Å². The van der Waals surface area contributed by atoms with Crippen molar-refractivity contribution >= 4 is 7.82 Å². The molecule has 0 amide bonds. The van der Waals surface area contributed by atoms with E-state index in [1.165, 1.54) is 0 Å². The van der Waals surface area contributed by atoms with Gasteiger partial charge in [-0.2, -0.15) is 4.39 Å². The van der Waals surface area contributed by atoms with Gasteiger partial charge in [0.05, 0.1) is 18.9 Å². The summed E-state index contributed by atoms with van der Waals surface area (Å²) in [6.07, 6.45) is -2.89. The van der Waals surface area contributed by atoms with E-state index in [1.54, 1.807) is 4.98 Å². The lowest BCUT2D eigenvalue weighted by atomic mass is 10.2. The lowest BCUT2D eigenvalue weighted by Crippen LogP contribution is -2.34. The molecule has 1 aliphatic heterocycles. The molecule has 1 aromatic rings. The summed E-state index contributed by atoms with van der Waals surface area (Å²) in [5, 5.41) is 9.69. The van der Waals surface area contributed by atoms with Gasteiger partial charge in [0, 0.05) is 6.42 Å². The van der Waals surface area contributed by atoms with Crippen molar-refractivity contribution in [1.82, 2.24) is 9.55 Å². The monoisotopic (exact) mass is 326 g/mol. The zero-order valence-corrected chi connectivity index (χ0v) is 11.3. The Morgan fingerprint density at radius 1 is 1.52 bits per heavy atom. The first kappa shape index (κ1) is 16.0. The van der Waals surface area contributed by atoms with Gasteiger partial charge in [-0.25, -0.2) is 9.36 Å². The number of H-pyrrole nitrogens is 1. The number of nitrogens with zero attached hydrogens (tertiary/aromatic N) is 1. The number of halogens is 1. The lowest BCUT2D eigenvalue weighted by Gasteiger charge is -2.16. The number of hydrogen-bond donors (Lipinski definition) is 4. The maximum atomic E-state index is 13.2. The number of phosphoric acid groups is 1. The second kappa shape index (κ2) is 5.79. The lowest BCUT2D eigenvalue weighted by molar-refractivity contribution is -0.0453. The summed E-state index contributed by atoms with van der Waals surface area (Å²) >= 11 is 0. The number of aromatic amines is 1. The Hall–Kier alpha value is -1.36. The smallest absolute Gasteiger partial charge is 0.390 e. The molecule has 0 aliphatic carbocycles. The van der Waals surface area contributed by atoms with Crippen LogP contribution in [0.1, 0.15) is 12.6 Å². The summed E-state index contributed by atoms with van der Waals surface area (Å²) in [6, 6.07) is 0. The molecule has 2 rings (SSSR count). The second-order valence-corrected chi connectivity index (χ2v) is 5.60. The van der Waals surface area contributed by atoms with E-state index in [0.717, 1.165) is 4.57 Å². The number of hydrogen-bond acceptors (Lipinski definition) is 6. The molecule has 1 aromatic heterocycles. The Morgan fingerprint density at radius 2 is 2.19 bits per heavy atom. The highest BCUT2D eigenvalue weighted by atomic mass is 31.2. The van der Waals surface area contributed by atoms with Crippen LogP contribution < -0.4 is 11.2 Å². The summed E-state index contributed by atoms with van der Waals surface area (Å²) in [5.74, 6) is -1.21. The normalized spacial score (nSPS) is 26.2. The highest BCUT2D eigenvalue weighted by Gasteiger charge is 2.37. The number of rotatable bonds is 4. The molecule has 0 saturated carbocycles. The van der Waals surface area contributed by atoms with Gasteiger partial charge in [-0.15, -0.1) is 0 Å². The molecule has 0 unspecified atom stereocenters. The molecule has 0 radical (unpaired) electrons. The third-order valence-corrected chi connectivity index (χ3v) is 3.33. The summed E-state index contributed by atoms with van der Waals surface area (Å²) in [6.45, 7) is -0.609. The minimum absolute atomic E-state index is 0.138. The van der Waals surface area contributed by atoms with E-state index in [0.29, 0.717) is 6.20 Å². The highest BCUT2D eigenvalue weighted by molar-refractivity contribution is 7.46. The number of aliphatic hydroxyl groups is 1. The summed E-state index contributed by atoms with van der Waals surface area (Å²) in [5.41, 5.74) is -2.12. The Labute approximate surface area is 116 Å². The molecule has 118 valence electrons. The maximum absolute atomic E-state index is 13.2. The fraction of sp³-hybridized carbons (Fsp3) is 0.556. The van der Waals surface area contributed by atoms with E-state index in [2.05, 4.69) is 4.52 Å². The number of phosphoric ester groups is 1. The molecule has 12 heteroatoms. The van der Waals surface area contributed by atoms with Gasteiger partial charge in [0.2, 0.25) is 5.82 Å². The zero-order chi connectivity index (χ0) is 15.8. The van der Waals surface area contributed by atoms with Gasteiger partial charge in [-0.3, -0.25) is 18.9 Å². The predicted molar refractivity (Wildman–Crippen MR) is 63.8 cm³/mol. The first-order valence-electron chi connectivity index (χ1n) is 5.72. The van der Waals surface area contributed by atoms with E-state index < -0.39 is 49.9 Å².